The van der Waals surface area contributed by atoms with Crippen LogP contribution >= 0.6 is 35.0 Å². The van der Waals surface area contributed by atoms with Gasteiger partial charge in [0.1, 0.15) is 5.25 Å². The SMILES string of the molecule is Cc1ccc(C(=O)N/N=C2\NC(=O)CC(C(=O)Nc3cc(Cl)cc(Cl)c3)S2)cc1. The van der Waals surface area contributed by atoms with E-state index in [0.29, 0.717) is 21.3 Å². The zero-order valence-electron chi connectivity index (χ0n) is 15.2. The number of nitrogens with zero attached hydrogens (tertiary/aromatic N) is 1. The van der Waals surface area contributed by atoms with Crippen LogP contribution in [0.5, 0.6) is 0 Å². The number of halogens is 2. The summed E-state index contributed by atoms with van der Waals surface area (Å²) in [6.45, 7) is 1.92. The van der Waals surface area contributed by atoms with Crippen molar-refractivity contribution in [2.24, 2.45) is 5.10 Å². The molecule has 2 aromatic carbocycles. The van der Waals surface area contributed by atoms with Gasteiger partial charge in [0.2, 0.25) is 11.8 Å². The van der Waals surface area contributed by atoms with Gasteiger partial charge in [-0.25, -0.2) is 5.43 Å². The standard InChI is InChI=1S/C19H16Cl2N4O3S/c1-10-2-4-11(5-3-10)17(27)24-25-19-23-16(26)9-15(29-19)18(28)22-14-7-12(20)6-13(21)8-14/h2-8,15H,9H2,1H3,(H,22,28)(H,24,27)(H,23,25,26). The lowest BCUT2D eigenvalue weighted by Gasteiger charge is -2.22. The molecule has 7 nitrogen and oxygen atoms in total. The van der Waals surface area contributed by atoms with Crippen molar-refractivity contribution < 1.29 is 14.4 Å². The molecule has 1 fully saturated rings. The van der Waals surface area contributed by atoms with Gasteiger partial charge in [0.15, 0.2) is 5.17 Å². The van der Waals surface area contributed by atoms with E-state index in [1.54, 1.807) is 30.3 Å². The number of benzene rings is 2. The molecule has 1 aliphatic rings. The minimum absolute atomic E-state index is 0.0320. The van der Waals surface area contributed by atoms with Gasteiger partial charge in [-0.15, -0.1) is 5.10 Å². The topological polar surface area (TPSA) is 99.7 Å². The highest BCUT2D eigenvalue weighted by atomic mass is 35.5. The van der Waals surface area contributed by atoms with Crippen molar-refractivity contribution in [2.75, 3.05) is 5.32 Å². The van der Waals surface area contributed by atoms with E-state index in [-0.39, 0.29) is 17.5 Å². The van der Waals surface area contributed by atoms with E-state index >= 15 is 0 Å². The van der Waals surface area contributed by atoms with Crippen molar-refractivity contribution >= 4 is 63.5 Å². The number of thioether (sulfide) groups is 1. The monoisotopic (exact) mass is 450 g/mol. The number of hydrazone groups is 1. The molecule has 0 bridgehead atoms. The summed E-state index contributed by atoms with van der Waals surface area (Å²) in [7, 11) is 0. The fourth-order valence-corrected chi connectivity index (χ4v) is 3.93. The first-order chi connectivity index (χ1) is 13.8. The Hall–Kier alpha value is -2.55. The second-order valence-corrected chi connectivity index (χ2v) is 8.29. The van der Waals surface area contributed by atoms with Gasteiger partial charge < -0.3 is 10.6 Å². The van der Waals surface area contributed by atoms with Crippen LogP contribution < -0.4 is 16.1 Å². The molecule has 0 radical (unpaired) electrons. The van der Waals surface area contributed by atoms with Crippen LogP contribution in [0.15, 0.2) is 47.6 Å². The van der Waals surface area contributed by atoms with Gasteiger partial charge in [-0.1, -0.05) is 52.7 Å². The predicted octanol–water partition coefficient (Wildman–Crippen LogP) is 3.56. The Morgan fingerprint density at radius 3 is 2.45 bits per heavy atom. The van der Waals surface area contributed by atoms with Crippen LogP contribution in [0.3, 0.4) is 0 Å². The van der Waals surface area contributed by atoms with E-state index in [2.05, 4.69) is 21.2 Å². The van der Waals surface area contributed by atoms with E-state index in [1.807, 2.05) is 19.1 Å². The lowest BCUT2D eigenvalue weighted by Crippen LogP contribution is -2.42. The molecule has 0 aliphatic carbocycles. The summed E-state index contributed by atoms with van der Waals surface area (Å²) in [4.78, 5) is 36.6. The fraction of sp³-hybridized carbons (Fsp3) is 0.158. The molecule has 10 heteroatoms. The van der Waals surface area contributed by atoms with Crippen LogP contribution in [-0.4, -0.2) is 28.1 Å². The quantitative estimate of drug-likeness (QED) is 0.619. The second kappa shape index (κ2) is 9.30. The van der Waals surface area contributed by atoms with Crippen molar-refractivity contribution in [3.05, 3.63) is 63.6 Å². The zero-order valence-corrected chi connectivity index (χ0v) is 17.5. The van der Waals surface area contributed by atoms with Gasteiger partial charge in [-0.3, -0.25) is 14.4 Å². The van der Waals surface area contributed by atoms with Crippen molar-refractivity contribution in [3.8, 4) is 0 Å². The molecule has 150 valence electrons. The first-order valence-corrected chi connectivity index (χ1v) is 10.1. The summed E-state index contributed by atoms with van der Waals surface area (Å²) in [6, 6.07) is 11.6. The fourth-order valence-electron chi connectivity index (χ4n) is 2.46. The molecule has 3 rings (SSSR count). The van der Waals surface area contributed by atoms with Crippen LogP contribution in [0.4, 0.5) is 5.69 Å². The molecule has 1 aliphatic heterocycles. The maximum Gasteiger partial charge on any atom is 0.271 e. The van der Waals surface area contributed by atoms with Gasteiger partial charge in [0.05, 0.1) is 0 Å². The zero-order chi connectivity index (χ0) is 21.0. The Morgan fingerprint density at radius 2 is 1.79 bits per heavy atom. The van der Waals surface area contributed by atoms with Gasteiger partial charge in [-0.05, 0) is 37.3 Å². The highest BCUT2D eigenvalue weighted by molar-refractivity contribution is 8.15. The first-order valence-electron chi connectivity index (χ1n) is 8.48. The van der Waals surface area contributed by atoms with Gasteiger partial charge in [-0.2, -0.15) is 0 Å². The van der Waals surface area contributed by atoms with Crippen LogP contribution in [0.1, 0.15) is 22.3 Å². The number of hydrogen-bond acceptors (Lipinski definition) is 5. The number of rotatable bonds is 4. The molecule has 0 spiro atoms. The predicted molar refractivity (Wildman–Crippen MR) is 115 cm³/mol. The largest absolute Gasteiger partial charge is 0.325 e. The molecule has 1 unspecified atom stereocenters. The number of carbonyl (C=O) groups is 3. The molecular formula is C19H16Cl2N4O3S. The molecular weight excluding hydrogens is 435 g/mol. The Bertz CT molecular complexity index is 975. The Labute approximate surface area is 181 Å². The van der Waals surface area contributed by atoms with E-state index in [4.69, 9.17) is 23.2 Å². The summed E-state index contributed by atoms with van der Waals surface area (Å²) in [5, 5.41) is 9.30. The highest BCUT2D eigenvalue weighted by Gasteiger charge is 2.30. The molecule has 29 heavy (non-hydrogen) atoms. The van der Waals surface area contributed by atoms with E-state index in [1.165, 1.54) is 0 Å². The number of nitrogens with one attached hydrogen (secondary N) is 3. The minimum atomic E-state index is -0.725. The third kappa shape index (κ3) is 5.96. The van der Waals surface area contributed by atoms with Crippen LogP contribution in [0.25, 0.3) is 0 Å². The number of anilines is 1. The smallest absolute Gasteiger partial charge is 0.271 e. The molecule has 3 N–H and O–H groups in total. The Kier molecular flexibility index (Phi) is 6.79. The molecule has 0 saturated carbocycles. The van der Waals surface area contributed by atoms with E-state index < -0.39 is 17.1 Å². The maximum absolute atomic E-state index is 12.5. The summed E-state index contributed by atoms with van der Waals surface area (Å²) in [6.07, 6.45) is -0.0320. The van der Waals surface area contributed by atoms with Gasteiger partial charge in [0, 0.05) is 27.7 Å². The van der Waals surface area contributed by atoms with E-state index in [9.17, 15) is 14.4 Å². The maximum atomic E-state index is 12.5. The average Bonchev–Trinajstić information content (AvgIpc) is 2.65. The molecule has 0 aromatic heterocycles. The lowest BCUT2D eigenvalue weighted by molar-refractivity contribution is -0.123. The number of aryl methyl sites for hydroxylation is 1. The molecule has 1 heterocycles. The summed E-state index contributed by atoms with van der Waals surface area (Å²) < 4.78 is 0. The van der Waals surface area contributed by atoms with Crippen molar-refractivity contribution in [1.29, 1.82) is 0 Å². The summed E-state index contributed by atoms with van der Waals surface area (Å²) in [5.74, 6) is -1.20. The Balaban J connectivity index is 1.65. The third-order valence-corrected chi connectivity index (χ3v) is 5.38. The molecule has 3 amide bonds. The third-order valence-electron chi connectivity index (χ3n) is 3.87. The highest BCUT2D eigenvalue weighted by Crippen LogP contribution is 2.25. The van der Waals surface area contributed by atoms with Crippen molar-refractivity contribution in [2.45, 2.75) is 18.6 Å². The average molecular weight is 451 g/mol. The van der Waals surface area contributed by atoms with E-state index in [0.717, 1.165) is 17.3 Å². The summed E-state index contributed by atoms with van der Waals surface area (Å²) in [5.41, 5.74) is 4.26. The molecule has 1 atom stereocenters. The van der Waals surface area contributed by atoms with Crippen LogP contribution in [0, 0.1) is 6.92 Å². The Morgan fingerprint density at radius 1 is 1.14 bits per heavy atom. The summed E-state index contributed by atoms with van der Waals surface area (Å²) >= 11 is 12.9. The lowest BCUT2D eigenvalue weighted by atomic mass is 10.1. The van der Waals surface area contributed by atoms with Gasteiger partial charge >= 0.3 is 0 Å². The first kappa shape index (κ1) is 21.2. The van der Waals surface area contributed by atoms with Crippen LogP contribution in [0.2, 0.25) is 10.0 Å². The number of amides is 3. The second-order valence-electron chi connectivity index (χ2n) is 6.23. The molecule has 2 aromatic rings. The van der Waals surface area contributed by atoms with Gasteiger partial charge in [0.25, 0.3) is 5.91 Å². The normalized spacial score (nSPS) is 17.6. The number of carbonyl (C=O) groups excluding carboxylic acids is 3. The molecule has 1 saturated heterocycles. The van der Waals surface area contributed by atoms with Crippen LogP contribution in [-0.2, 0) is 9.59 Å². The van der Waals surface area contributed by atoms with Crippen molar-refractivity contribution in [3.63, 3.8) is 0 Å². The minimum Gasteiger partial charge on any atom is -0.325 e. The number of amidine groups is 1. The number of hydrogen-bond donors (Lipinski definition) is 3. The van der Waals surface area contributed by atoms with Crippen molar-refractivity contribution in [1.82, 2.24) is 10.7 Å².